The summed E-state index contributed by atoms with van der Waals surface area (Å²) >= 11 is 0. The van der Waals surface area contributed by atoms with Crippen molar-refractivity contribution in [3.8, 4) is 0 Å². The second kappa shape index (κ2) is 9.63. The Balaban J connectivity index is 2.30. The Morgan fingerprint density at radius 2 is 1.59 bits per heavy atom. The van der Waals surface area contributed by atoms with Gasteiger partial charge in [-0.3, -0.25) is 9.47 Å². The highest BCUT2D eigenvalue weighted by Crippen LogP contribution is 2.25. The molecule has 0 spiro atoms. The van der Waals surface area contributed by atoms with E-state index in [0.717, 1.165) is 10.9 Å². The van der Waals surface area contributed by atoms with Crippen molar-refractivity contribution in [2.45, 2.75) is 71.6 Å². The summed E-state index contributed by atoms with van der Waals surface area (Å²) in [5, 5.41) is 0.877. The van der Waals surface area contributed by atoms with Gasteiger partial charge in [0, 0.05) is 18.6 Å². The minimum absolute atomic E-state index is 0.296. The van der Waals surface area contributed by atoms with Gasteiger partial charge in [0.05, 0.1) is 12.6 Å². The number of fused-ring (bicyclic) bond motifs is 1. The van der Waals surface area contributed by atoms with Crippen LogP contribution in [0.4, 0.5) is 9.59 Å². The molecule has 8 nitrogen and oxygen atoms in total. The van der Waals surface area contributed by atoms with Gasteiger partial charge in [-0.15, -0.1) is 0 Å². The predicted molar refractivity (Wildman–Crippen MR) is 122 cm³/mol. The molecule has 0 radical (unpaired) electrons. The number of aryl methyl sites for hydroxylation is 1. The topological polar surface area (TPSA) is 87.1 Å². The fourth-order valence-electron chi connectivity index (χ4n) is 3.27. The Morgan fingerprint density at radius 3 is 2.16 bits per heavy atom. The van der Waals surface area contributed by atoms with Crippen LogP contribution in [0.15, 0.2) is 30.5 Å². The van der Waals surface area contributed by atoms with E-state index in [4.69, 9.17) is 14.2 Å². The van der Waals surface area contributed by atoms with E-state index in [1.807, 2.05) is 45.0 Å². The molecule has 1 unspecified atom stereocenters. The second-order valence-electron chi connectivity index (χ2n) is 9.69. The zero-order valence-electron chi connectivity index (χ0n) is 20.2. The fourth-order valence-corrected chi connectivity index (χ4v) is 3.27. The lowest BCUT2D eigenvalue weighted by Gasteiger charge is -2.29. The van der Waals surface area contributed by atoms with Gasteiger partial charge in [-0.05, 0) is 66.0 Å². The van der Waals surface area contributed by atoms with Crippen LogP contribution >= 0.6 is 0 Å². The molecule has 176 valence electrons. The van der Waals surface area contributed by atoms with Gasteiger partial charge in [-0.1, -0.05) is 18.2 Å². The van der Waals surface area contributed by atoms with Gasteiger partial charge in [0.25, 0.3) is 0 Å². The third kappa shape index (κ3) is 6.48. The highest BCUT2D eigenvalue weighted by atomic mass is 16.6. The summed E-state index contributed by atoms with van der Waals surface area (Å²) in [6, 6.07) is 6.65. The molecular formula is C24H34N2O6. The molecule has 1 heterocycles. The number of rotatable bonds is 5. The van der Waals surface area contributed by atoms with E-state index >= 15 is 0 Å². The van der Waals surface area contributed by atoms with E-state index in [2.05, 4.69) is 0 Å². The molecule has 1 amide bonds. The largest absolute Gasteiger partial charge is 0.467 e. The Kier molecular flexibility index (Phi) is 7.59. The van der Waals surface area contributed by atoms with Gasteiger partial charge in [0.15, 0.2) is 0 Å². The zero-order valence-corrected chi connectivity index (χ0v) is 20.2. The summed E-state index contributed by atoms with van der Waals surface area (Å²) < 4.78 is 17.3. The molecule has 2 rings (SSSR count). The van der Waals surface area contributed by atoms with E-state index in [0.29, 0.717) is 18.4 Å². The third-order valence-corrected chi connectivity index (χ3v) is 4.69. The summed E-state index contributed by atoms with van der Waals surface area (Å²) in [7, 11) is 2.80. The van der Waals surface area contributed by atoms with Crippen LogP contribution in [0.2, 0.25) is 0 Å². The summed E-state index contributed by atoms with van der Waals surface area (Å²) in [6.45, 7) is 10.7. The van der Waals surface area contributed by atoms with Gasteiger partial charge in [-0.25, -0.2) is 14.4 Å². The number of carbonyl (C=O) groups is 3. The van der Waals surface area contributed by atoms with Gasteiger partial charge in [0.2, 0.25) is 0 Å². The van der Waals surface area contributed by atoms with E-state index in [1.165, 1.54) is 23.6 Å². The first-order valence-corrected chi connectivity index (χ1v) is 10.6. The number of aromatic nitrogens is 1. The second-order valence-corrected chi connectivity index (χ2v) is 9.69. The number of likely N-dealkylation sites (N-methyl/N-ethyl adjacent to an activating group) is 1. The minimum Gasteiger partial charge on any atom is -0.467 e. The van der Waals surface area contributed by atoms with E-state index in [-0.39, 0.29) is 0 Å². The molecule has 2 aromatic rings. The molecule has 1 aromatic carbocycles. The van der Waals surface area contributed by atoms with Crippen molar-refractivity contribution in [1.82, 2.24) is 9.47 Å². The van der Waals surface area contributed by atoms with Crippen molar-refractivity contribution in [3.63, 3.8) is 0 Å². The molecule has 0 N–H and O–H groups in total. The maximum Gasteiger partial charge on any atom is 0.419 e. The highest BCUT2D eigenvalue weighted by molar-refractivity contribution is 5.92. The lowest BCUT2D eigenvalue weighted by atomic mass is 10.0. The fraction of sp³-hybridized carbons (Fsp3) is 0.542. The minimum atomic E-state index is -0.835. The summed E-state index contributed by atoms with van der Waals surface area (Å²) in [5.41, 5.74) is 0.256. The first-order chi connectivity index (χ1) is 14.7. The Morgan fingerprint density at radius 1 is 1.00 bits per heavy atom. The number of methoxy groups -OCH3 is 1. The Bertz CT molecular complexity index is 981. The van der Waals surface area contributed by atoms with Crippen molar-refractivity contribution in [1.29, 1.82) is 0 Å². The van der Waals surface area contributed by atoms with Crippen molar-refractivity contribution in [3.05, 3.63) is 36.0 Å². The van der Waals surface area contributed by atoms with Crippen LogP contribution in [0, 0.1) is 0 Å². The molecule has 0 bridgehead atoms. The van der Waals surface area contributed by atoms with Crippen molar-refractivity contribution in [2.75, 3.05) is 14.2 Å². The molecule has 0 aliphatic heterocycles. The summed E-state index contributed by atoms with van der Waals surface area (Å²) in [6.07, 6.45) is 1.37. The monoisotopic (exact) mass is 446 g/mol. The Hall–Kier alpha value is -3.03. The number of para-hydroxylation sites is 1. The number of hydrogen-bond acceptors (Lipinski definition) is 6. The molecule has 0 aliphatic carbocycles. The maximum atomic E-state index is 12.7. The number of amides is 1. The van der Waals surface area contributed by atoms with E-state index in [9.17, 15) is 14.4 Å². The number of nitrogens with zero attached hydrogens (tertiary/aromatic N) is 2. The molecule has 1 aromatic heterocycles. The first-order valence-electron chi connectivity index (χ1n) is 10.6. The quantitative estimate of drug-likeness (QED) is 0.486. The average Bonchev–Trinajstić information content (AvgIpc) is 3.04. The van der Waals surface area contributed by atoms with Crippen LogP contribution in [-0.2, 0) is 25.4 Å². The van der Waals surface area contributed by atoms with Gasteiger partial charge < -0.3 is 14.2 Å². The third-order valence-electron chi connectivity index (χ3n) is 4.69. The first kappa shape index (κ1) is 25.2. The molecule has 8 heteroatoms. The summed E-state index contributed by atoms with van der Waals surface area (Å²) in [4.78, 5) is 38.9. The van der Waals surface area contributed by atoms with Crippen molar-refractivity contribution in [2.24, 2.45) is 0 Å². The molecule has 1 atom stereocenters. The van der Waals surface area contributed by atoms with Gasteiger partial charge >= 0.3 is 18.2 Å². The molecule has 0 fully saturated rings. The average molecular weight is 447 g/mol. The smallest absolute Gasteiger partial charge is 0.419 e. The number of esters is 1. The standard InChI is InChI=1S/C24H34N2O6/c1-23(2,3)31-21(28)25(7)19(20(27)30-8)14-13-16-15-26(22(29)32-24(4,5)6)18-12-10-9-11-17(16)18/h9-12,15,19H,13-14H2,1-8H3. The van der Waals surface area contributed by atoms with Crippen LogP contribution in [0.3, 0.4) is 0 Å². The van der Waals surface area contributed by atoms with Crippen LogP contribution in [0.5, 0.6) is 0 Å². The van der Waals surface area contributed by atoms with Crippen LogP contribution < -0.4 is 0 Å². The molecule has 0 aliphatic rings. The lowest BCUT2D eigenvalue weighted by Crippen LogP contribution is -2.45. The number of benzene rings is 1. The maximum absolute atomic E-state index is 12.7. The lowest BCUT2D eigenvalue weighted by molar-refractivity contribution is -0.146. The van der Waals surface area contributed by atoms with Crippen molar-refractivity contribution >= 4 is 29.1 Å². The normalized spacial score (nSPS) is 12.9. The Labute approximate surface area is 189 Å². The molecular weight excluding hydrogens is 412 g/mol. The van der Waals surface area contributed by atoms with Crippen LogP contribution in [0.1, 0.15) is 53.5 Å². The number of ether oxygens (including phenoxy) is 3. The van der Waals surface area contributed by atoms with Gasteiger partial charge in [0.1, 0.15) is 17.2 Å². The van der Waals surface area contributed by atoms with Crippen LogP contribution in [-0.4, -0.2) is 59.0 Å². The van der Waals surface area contributed by atoms with Crippen LogP contribution in [0.25, 0.3) is 10.9 Å². The number of carbonyl (C=O) groups excluding carboxylic acids is 3. The summed E-state index contributed by atoms with van der Waals surface area (Å²) in [5.74, 6) is -0.533. The van der Waals surface area contributed by atoms with E-state index < -0.39 is 35.4 Å². The zero-order chi connectivity index (χ0) is 24.3. The molecule has 32 heavy (non-hydrogen) atoms. The SMILES string of the molecule is COC(=O)C(CCc1cn(C(=O)OC(C)(C)C)c2ccccc12)N(C)C(=O)OC(C)(C)C. The van der Waals surface area contributed by atoms with Gasteiger partial charge in [-0.2, -0.15) is 0 Å². The highest BCUT2D eigenvalue weighted by Gasteiger charge is 2.31. The molecule has 0 saturated heterocycles. The number of hydrogen-bond donors (Lipinski definition) is 0. The predicted octanol–water partition coefficient (Wildman–Crippen LogP) is 4.77. The molecule has 0 saturated carbocycles. The van der Waals surface area contributed by atoms with Crippen molar-refractivity contribution < 1.29 is 28.6 Å². The van der Waals surface area contributed by atoms with E-state index in [1.54, 1.807) is 27.0 Å².